The molecule has 2 N–H and O–H groups in total. The monoisotopic (exact) mass is 404 g/mol. The van der Waals surface area contributed by atoms with E-state index < -0.39 is 0 Å². The largest absolute Gasteiger partial charge is 0.395 e. The molecule has 0 atom stereocenters. The maximum absolute atomic E-state index is 9.51. The lowest BCUT2D eigenvalue weighted by Gasteiger charge is -2.30. The number of allylic oxidation sites excluding steroid dienone is 1. The van der Waals surface area contributed by atoms with Gasteiger partial charge in [-0.05, 0) is 51.7 Å². The number of ether oxygens (including phenoxy) is 1. The first-order chi connectivity index (χ1) is 13.6. The second-order valence-electron chi connectivity index (χ2n) is 8.09. The number of anilines is 1. The summed E-state index contributed by atoms with van der Waals surface area (Å²) in [6, 6.07) is 0. The van der Waals surface area contributed by atoms with Crippen LogP contribution in [0.3, 0.4) is 0 Å². The molecule has 1 aromatic heterocycles. The van der Waals surface area contributed by atoms with E-state index in [1.807, 2.05) is 12.2 Å². The molecule has 7 heteroatoms. The van der Waals surface area contributed by atoms with E-state index in [0.717, 1.165) is 47.8 Å². The van der Waals surface area contributed by atoms with E-state index >= 15 is 0 Å². The van der Waals surface area contributed by atoms with Crippen molar-refractivity contribution in [3.05, 3.63) is 27.4 Å². The fraction of sp³-hybridized carbons (Fsp3) is 0.619. The van der Waals surface area contributed by atoms with Crippen LogP contribution in [0.25, 0.3) is 11.8 Å². The molecular formula is C21H29ClN4O2. The highest BCUT2D eigenvalue weighted by molar-refractivity contribution is 6.34. The summed E-state index contributed by atoms with van der Waals surface area (Å²) in [5.41, 5.74) is 3.34. The number of halogens is 1. The number of nitrogens with zero attached hydrogens (tertiary/aromatic N) is 3. The fourth-order valence-corrected chi connectivity index (χ4v) is 4.75. The molecule has 1 saturated carbocycles. The van der Waals surface area contributed by atoms with Gasteiger partial charge in [-0.25, -0.2) is 0 Å². The number of aromatic nitrogens is 1. The second-order valence-corrected chi connectivity index (χ2v) is 8.52. The van der Waals surface area contributed by atoms with Gasteiger partial charge in [0.15, 0.2) is 0 Å². The second kappa shape index (κ2) is 8.39. The predicted octanol–water partition coefficient (Wildman–Crippen LogP) is 2.79. The van der Waals surface area contributed by atoms with Crippen LogP contribution in [0.15, 0.2) is 21.3 Å². The van der Waals surface area contributed by atoms with E-state index in [4.69, 9.17) is 16.3 Å². The zero-order valence-electron chi connectivity index (χ0n) is 16.6. The molecule has 1 aromatic rings. The molecule has 152 valence electrons. The first-order valence-corrected chi connectivity index (χ1v) is 10.7. The Hall–Kier alpha value is -1.63. The topological polar surface area (TPSA) is 73.2 Å². The minimum atomic E-state index is 0.100. The summed E-state index contributed by atoms with van der Waals surface area (Å²) in [5.74, 6) is 0.398. The Labute approximate surface area is 170 Å². The predicted molar refractivity (Wildman–Crippen MR) is 112 cm³/mol. The van der Waals surface area contributed by atoms with Crippen LogP contribution in [-0.4, -0.2) is 42.0 Å². The Morgan fingerprint density at radius 3 is 2.82 bits per heavy atom. The number of β-amino-alcohol motifs (C(OH)–C–C–N with tert-alkyl or cyclic N) is 1. The molecule has 0 bridgehead atoms. The van der Waals surface area contributed by atoms with E-state index in [1.54, 1.807) is 0 Å². The zero-order chi connectivity index (χ0) is 19.7. The molecule has 4 rings (SSSR count). The molecule has 3 aliphatic rings. The van der Waals surface area contributed by atoms with Gasteiger partial charge in [-0.2, -0.15) is 10.2 Å². The molecule has 3 heterocycles. The molecule has 28 heavy (non-hydrogen) atoms. The average molecular weight is 405 g/mol. The lowest BCUT2D eigenvalue weighted by molar-refractivity contribution is -0.0161. The van der Waals surface area contributed by atoms with Gasteiger partial charge in [-0.1, -0.05) is 11.6 Å². The number of nitrogens with one attached hydrogen (secondary N) is 1. The van der Waals surface area contributed by atoms with Crippen molar-refractivity contribution >= 4 is 29.1 Å². The third-order valence-electron chi connectivity index (χ3n) is 5.77. The smallest absolute Gasteiger partial charge is 0.0895 e. The van der Waals surface area contributed by atoms with Crippen LogP contribution in [0, 0.1) is 5.92 Å². The van der Waals surface area contributed by atoms with E-state index in [-0.39, 0.29) is 12.7 Å². The molecule has 0 radical (unpaired) electrons. The molecule has 0 aromatic carbocycles. The van der Waals surface area contributed by atoms with Gasteiger partial charge >= 0.3 is 0 Å². The van der Waals surface area contributed by atoms with Gasteiger partial charge < -0.3 is 19.7 Å². The quantitative estimate of drug-likeness (QED) is 0.792. The molecular weight excluding hydrogens is 376 g/mol. The average Bonchev–Trinajstić information content (AvgIpc) is 2.95. The van der Waals surface area contributed by atoms with Crippen molar-refractivity contribution in [1.82, 2.24) is 4.98 Å². The first kappa shape index (κ1) is 19.7. The summed E-state index contributed by atoms with van der Waals surface area (Å²) < 4.78 is 6.00. The molecule has 0 saturated heterocycles. The summed E-state index contributed by atoms with van der Waals surface area (Å²) >= 11 is 6.35. The summed E-state index contributed by atoms with van der Waals surface area (Å²) in [5, 5.41) is 21.3. The highest BCUT2D eigenvalue weighted by Crippen LogP contribution is 2.34. The van der Waals surface area contributed by atoms with Crippen molar-refractivity contribution in [2.75, 3.05) is 24.6 Å². The van der Waals surface area contributed by atoms with Gasteiger partial charge in [0, 0.05) is 29.6 Å². The normalized spacial score (nSPS) is 24.5. The molecule has 6 nitrogen and oxygen atoms in total. The van der Waals surface area contributed by atoms with Crippen LogP contribution < -0.4 is 15.6 Å². The standard InChI is InChI=1S/C21H29ClN4O2/c1-13(2)28-16-5-3-14(4-6-16)19-20-17(12-23-25-19)21-18(24-20)11-15(22)7-8-26(21)9-10-27/h7,11,13-14,16,24,27H,3-6,8-10,12H2,1-2H3. The fourth-order valence-electron chi connectivity index (χ4n) is 4.57. The minimum absolute atomic E-state index is 0.100. The van der Waals surface area contributed by atoms with Crippen molar-refractivity contribution < 1.29 is 9.84 Å². The number of azo groups is 1. The van der Waals surface area contributed by atoms with Gasteiger partial charge in [-0.15, -0.1) is 0 Å². The van der Waals surface area contributed by atoms with Crippen molar-refractivity contribution in [3.8, 4) is 0 Å². The molecule has 2 aliphatic heterocycles. The Balaban J connectivity index is 1.70. The molecule has 0 unspecified atom stereocenters. The van der Waals surface area contributed by atoms with Gasteiger partial charge in [0.05, 0.1) is 47.4 Å². The van der Waals surface area contributed by atoms with E-state index in [0.29, 0.717) is 36.7 Å². The van der Waals surface area contributed by atoms with Crippen LogP contribution in [0.5, 0.6) is 0 Å². The highest BCUT2D eigenvalue weighted by atomic mass is 35.5. The number of rotatable bonds is 5. The van der Waals surface area contributed by atoms with E-state index in [1.165, 1.54) is 5.56 Å². The maximum Gasteiger partial charge on any atom is 0.0895 e. The Kier molecular flexibility index (Phi) is 5.90. The molecule has 1 fully saturated rings. The number of hydrogen-bond donors (Lipinski definition) is 2. The Morgan fingerprint density at radius 1 is 1.32 bits per heavy atom. The van der Waals surface area contributed by atoms with Crippen LogP contribution in [0.1, 0.15) is 45.1 Å². The van der Waals surface area contributed by atoms with E-state index in [9.17, 15) is 5.11 Å². The number of hydrogen-bond acceptors (Lipinski definition) is 5. The first-order valence-electron chi connectivity index (χ1n) is 10.3. The Bertz CT molecular complexity index is 894. The van der Waals surface area contributed by atoms with Crippen LogP contribution in [0.2, 0.25) is 0 Å². The third-order valence-corrected chi connectivity index (χ3v) is 6.03. The lowest BCUT2D eigenvalue weighted by Crippen LogP contribution is -2.31. The van der Waals surface area contributed by atoms with Crippen molar-refractivity contribution in [2.24, 2.45) is 16.1 Å². The number of fused-ring (bicyclic) bond motifs is 3. The third kappa shape index (κ3) is 3.91. The van der Waals surface area contributed by atoms with Gasteiger partial charge in [0.25, 0.3) is 0 Å². The maximum atomic E-state index is 9.51. The highest BCUT2D eigenvalue weighted by Gasteiger charge is 2.29. The van der Waals surface area contributed by atoms with E-state index in [2.05, 4.69) is 34.0 Å². The van der Waals surface area contributed by atoms with Crippen molar-refractivity contribution in [2.45, 2.75) is 58.3 Å². The summed E-state index contributed by atoms with van der Waals surface area (Å²) in [6.07, 6.45) is 8.85. The van der Waals surface area contributed by atoms with Crippen LogP contribution in [-0.2, 0) is 11.3 Å². The molecule has 1 aliphatic carbocycles. The Morgan fingerprint density at radius 2 is 2.11 bits per heavy atom. The molecule has 0 spiro atoms. The minimum Gasteiger partial charge on any atom is -0.395 e. The van der Waals surface area contributed by atoms with Gasteiger partial charge in [0.2, 0.25) is 0 Å². The van der Waals surface area contributed by atoms with Crippen LogP contribution in [0.4, 0.5) is 5.69 Å². The number of aliphatic hydroxyl groups is 1. The van der Waals surface area contributed by atoms with Crippen LogP contribution >= 0.6 is 11.6 Å². The number of H-pyrrole nitrogens is 1. The lowest BCUT2D eigenvalue weighted by atomic mass is 9.84. The number of aromatic amines is 1. The van der Waals surface area contributed by atoms with Gasteiger partial charge in [0.1, 0.15) is 0 Å². The van der Waals surface area contributed by atoms with Gasteiger partial charge in [-0.3, -0.25) is 0 Å². The SMILES string of the molecule is CC(C)OC1CCC(C2=c3[nH]c4c(c3CN=N2)N(CCO)CC=C(Cl)C=4)CC1. The summed E-state index contributed by atoms with van der Waals surface area (Å²) in [7, 11) is 0. The zero-order valence-corrected chi connectivity index (χ0v) is 17.4. The van der Waals surface area contributed by atoms with Crippen molar-refractivity contribution in [3.63, 3.8) is 0 Å². The van der Waals surface area contributed by atoms with Crippen molar-refractivity contribution in [1.29, 1.82) is 0 Å². The molecule has 0 amide bonds. The summed E-state index contributed by atoms with van der Waals surface area (Å²) in [4.78, 5) is 5.75. The summed E-state index contributed by atoms with van der Waals surface area (Å²) in [6.45, 7) is 6.10. The number of aliphatic hydroxyl groups excluding tert-OH is 1.